The number of nitrogens with one attached hydrogen (secondary N) is 1. The first-order valence-corrected chi connectivity index (χ1v) is 21.5. The summed E-state index contributed by atoms with van der Waals surface area (Å²) >= 11 is 6.60. The molecule has 3 aliphatic rings. The van der Waals surface area contributed by atoms with E-state index in [4.69, 9.17) is 54.2 Å². The van der Waals surface area contributed by atoms with Crippen molar-refractivity contribution in [3.63, 3.8) is 0 Å². The Bertz CT molecular complexity index is 1850. The lowest BCUT2D eigenvalue weighted by Gasteiger charge is -2.42. The Kier molecular flexibility index (Phi) is 13.6. The highest BCUT2D eigenvalue weighted by Gasteiger charge is 2.61. The maximum absolute atomic E-state index is 14.8. The zero-order chi connectivity index (χ0) is 41.2. The van der Waals surface area contributed by atoms with E-state index in [0.29, 0.717) is 17.6 Å². The van der Waals surface area contributed by atoms with Crippen molar-refractivity contribution in [3.05, 3.63) is 17.3 Å². The third-order valence-corrected chi connectivity index (χ3v) is 12.7. The van der Waals surface area contributed by atoms with Gasteiger partial charge >= 0.3 is 13.7 Å². The average Bonchev–Trinajstić information content (AvgIpc) is 3.97. The Labute approximate surface area is 336 Å². The van der Waals surface area contributed by atoms with Crippen molar-refractivity contribution in [1.82, 2.24) is 40.4 Å². The fraction of sp³-hybridized carbons (Fsp3) is 0.800. The van der Waals surface area contributed by atoms with E-state index in [9.17, 15) is 14.5 Å². The van der Waals surface area contributed by atoms with Crippen molar-refractivity contribution in [2.45, 2.75) is 154 Å². The highest BCUT2D eigenvalue weighted by Crippen LogP contribution is 2.64. The number of hydrogen-bond acceptors (Lipinski definition) is 17. The van der Waals surface area contributed by atoms with Gasteiger partial charge in [0.15, 0.2) is 35.6 Å². The van der Waals surface area contributed by atoms with E-state index in [1.165, 1.54) is 4.68 Å². The van der Waals surface area contributed by atoms with Crippen LogP contribution in [0, 0.1) is 0 Å². The molecule has 2 aliphatic heterocycles. The van der Waals surface area contributed by atoms with E-state index < -0.39 is 61.2 Å². The van der Waals surface area contributed by atoms with Gasteiger partial charge in [-0.1, -0.05) is 18.1 Å². The highest BCUT2D eigenvalue weighted by atomic mass is 35.5. The van der Waals surface area contributed by atoms with Crippen LogP contribution in [0.4, 0.5) is 10.6 Å². The molecule has 0 radical (unpaired) electrons. The largest absolute Gasteiger partial charge is 0.443 e. The van der Waals surface area contributed by atoms with Crippen LogP contribution in [0.5, 0.6) is 0 Å². The van der Waals surface area contributed by atoms with Gasteiger partial charge in [-0.2, -0.15) is 20.3 Å². The van der Waals surface area contributed by atoms with E-state index in [1.54, 1.807) is 45.7 Å². The number of aliphatic hydroxyl groups is 1. The molecule has 22 heteroatoms. The predicted octanol–water partition coefficient (Wildman–Crippen LogP) is 5.45. The quantitative estimate of drug-likeness (QED) is 0.0921. The van der Waals surface area contributed by atoms with Gasteiger partial charge in [0.1, 0.15) is 23.9 Å². The topological polar surface area (TPSA) is 230 Å². The van der Waals surface area contributed by atoms with Crippen molar-refractivity contribution >= 4 is 42.1 Å². The van der Waals surface area contributed by atoms with Crippen LogP contribution in [0.3, 0.4) is 0 Å². The third kappa shape index (κ3) is 9.30. The fourth-order valence-corrected chi connectivity index (χ4v) is 10.0. The molecule has 2 unspecified atom stereocenters. The summed E-state index contributed by atoms with van der Waals surface area (Å²) in [5, 5.41) is 28.7. The van der Waals surface area contributed by atoms with Gasteiger partial charge in [0.25, 0.3) is 0 Å². The second-order valence-electron chi connectivity index (χ2n) is 15.5. The van der Waals surface area contributed by atoms with Crippen LogP contribution in [0.2, 0.25) is 5.28 Å². The minimum absolute atomic E-state index is 0.00516. The lowest BCUT2D eigenvalue weighted by molar-refractivity contribution is -0.231. The summed E-state index contributed by atoms with van der Waals surface area (Å²) in [5.74, 6) is -0.365. The van der Waals surface area contributed by atoms with E-state index in [-0.39, 0.29) is 62.1 Å². The average molecular weight is 844 g/mol. The number of tetrazole rings is 1. The summed E-state index contributed by atoms with van der Waals surface area (Å²) in [4.78, 5) is 24.4. The number of halogens is 1. The number of H-pyrrole nitrogens is 1. The van der Waals surface area contributed by atoms with Crippen molar-refractivity contribution < 1.29 is 51.9 Å². The first-order valence-electron chi connectivity index (χ1n) is 19.5. The van der Waals surface area contributed by atoms with Crippen molar-refractivity contribution in [2.24, 2.45) is 0 Å². The fourth-order valence-electron chi connectivity index (χ4n) is 7.64. The minimum Gasteiger partial charge on any atom is -0.443 e. The molecule has 1 aliphatic carbocycles. The molecule has 0 aromatic carbocycles. The van der Waals surface area contributed by atoms with Crippen molar-refractivity contribution in [3.8, 4) is 0 Å². The second kappa shape index (κ2) is 17.7. The lowest BCUT2D eigenvalue weighted by atomic mass is 10.1. The molecule has 3 aromatic heterocycles. The third-order valence-electron chi connectivity index (χ3n) is 9.88. The van der Waals surface area contributed by atoms with Gasteiger partial charge in [0, 0.05) is 19.1 Å². The van der Waals surface area contributed by atoms with Crippen LogP contribution >= 0.6 is 19.2 Å². The van der Waals surface area contributed by atoms with Gasteiger partial charge in [0.05, 0.1) is 31.4 Å². The minimum atomic E-state index is -4.29. The van der Waals surface area contributed by atoms with E-state index in [1.807, 2.05) is 20.8 Å². The summed E-state index contributed by atoms with van der Waals surface area (Å²) in [5.41, 5.74) is -0.469. The number of rotatable bonds is 18. The Morgan fingerprint density at radius 2 is 1.82 bits per heavy atom. The number of aryl methyl sites for hydroxylation is 1. The van der Waals surface area contributed by atoms with Crippen LogP contribution in [-0.2, 0) is 48.5 Å². The second-order valence-corrected chi connectivity index (χ2v) is 18.1. The first kappa shape index (κ1) is 43.7. The van der Waals surface area contributed by atoms with E-state index in [2.05, 4.69) is 30.6 Å². The number of nitrogens with zero attached hydrogens (tertiary/aromatic N) is 8. The van der Waals surface area contributed by atoms with E-state index >= 15 is 0 Å². The molecule has 3 fully saturated rings. The molecule has 20 nitrogen and oxygen atoms in total. The number of aromatic amines is 1. The Balaban J connectivity index is 1.35. The monoisotopic (exact) mass is 843 g/mol. The molecule has 1 saturated carbocycles. The zero-order valence-corrected chi connectivity index (χ0v) is 35.4. The maximum atomic E-state index is 14.8. The maximum Gasteiger partial charge on any atom is 0.416 e. The Hall–Kier alpha value is -2.91. The summed E-state index contributed by atoms with van der Waals surface area (Å²) in [7, 11) is -4.29. The molecule has 318 valence electrons. The number of fused-ring (bicyclic) bond motifs is 2. The molecule has 3 aromatic rings. The van der Waals surface area contributed by atoms with E-state index in [0.717, 1.165) is 25.7 Å². The molecule has 0 spiro atoms. The molecular formula is C35H55ClN9O11P. The summed E-state index contributed by atoms with van der Waals surface area (Å²) in [6, 6.07) is -0.165. The standard InChI is InChI=1S/C35H55ClN9O11P/c1-9-49-30(46)35(57(48,51-10-2)52-11-3,18-14-17-24-40-42-43-41-24)50-20-23-25-26(55-34(7,8)54-25)29(53-23)45-28-22(19-37-45)27(38-31(36)39-28)44(21-15-12-13-16-21)32(47)56-33(4,5)6/h19,21,23,25-26,29-30,46H,9-18,20H2,1-8H3,(H,40,41,42,43)/t23-,25-,26-,29-,30?,35?/m1/s1. The van der Waals surface area contributed by atoms with Crippen LogP contribution in [0.25, 0.3) is 11.0 Å². The molecule has 2 N–H and O–H groups in total. The highest BCUT2D eigenvalue weighted by molar-refractivity contribution is 7.55. The summed E-state index contributed by atoms with van der Waals surface area (Å²) < 4.78 is 65.5. The number of hydrogen-bond donors (Lipinski definition) is 2. The SMILES string of the molecule is CCOC(O)C(CCCc1nn[nH]n1)(OC[C@H]1O[C@@H](n2ncc3c(N(C(=O)OC(C)(C)C)C4CCCC4)nc(Cl)nc32)[C@@H]2OC(C)(C)O[C@@H]21)P(=O)(OCC)OCC. The number of amides is 1. The number of anilines is 1. The molecule has 5 heterocycles. The predicted molar refractivity (Wildman–Crippen MR) is 203 cm³/mol. The molecule has 2 saturated heterocycles. The number of aromatic nitrogens is 8. The van der Waals surface area contributed by atoms with Crippen LogP contribution in [-0.4, -0.2) is 125 Å². The number of aliphatic hydroxyl groups excluding tert-OH is 1. The van der Waals surface area contributed by atoms with Crippen molar-refractivity contribution in [1.29, 1.82) is 0 Å². The van der Waals surface area contributed by atoms with Gasteiger partial charge < -0.3 is 42.6 Å². The number of carbonyl (C=O) groups excluding carboxylic acids is 1. The molecule has 57 heavy (non-hydrogen) atoms. The van der Waals surface area contributed by atoms with Gasteiger partial charge in [-0.05, 0) is 92.7 Å². The smallest absolute Gasteiger partial charge is 0.416 e. The van der Waals surface area contributed by atoms with Gasteiger partial charge in [0.2, 0.25) is 10.6 Å². The summed E-state index contributed by atoms with van der Waals surface area (Å²) in [6.07, 6.45) is -0.0724. The van der Waals surface area contributed by atoms with Crippen LogP contribution in [0.15, 0.2) is 6.20 Å². The lowest BCUT2D eigenvalue weighted by Crippen LogP contribution is -2.49. The molecule has 1 amide bonds. The Morgan fingerprint density at radius 1 is 1.12 bits per heavy atom. The van der Waals surface area contributed by atoms with Crippen LogP contribution < -0.4 is 4.90 Å². The zero-order valence-electron chi connectivity index (χ0n) is 33.8. The van der Waals surface area contributed by atoms with Gasteiger partial charge in [-0.15, -0.1) is 10.2 Å². The first-order chi connectivity index (χ1) is 27.0. The normalized spacial score (nSPS) is 24.2. The van der Waals surface area contributed by atoms with Gasteiger partial charge in [-0.25, -0.2) is 9.48 Å². The number of carbonyl (C=O) groups is 1. The Morgan fingerprint density at radius 3 is 2.46 bits per heavy atom. The molecule has 0 bridgehead atoms. The van der Waals surface area contributed by atoms with Crippen LogP contribution in [0.1, 0.15) is 106 Å². The van der Waals surface area contributed by atoms with Gasteiger partial charge in [-0.3, -0.25) is 9.46 Å². The molecule has 6 rings (SSSR count). The molecular weight excluding hydrogens is 789 g/mol. The molecule has 6 atom stereocenters. The summed E-state index contributed by atoms with van der Waals surface area (Å²) in [6.45, 7) is 13.8. The van der Waals surface area contributed by atoms with Crippen molar-refractivity contribution in [2.75, 3.05) is 31.3 Å². The number of ether oxygens (including phenoxy) is 6.